The van der Waals surface area contributed by atoms with E-state index in [0.29, 0.717) is 40.0 Å². The van der Waals surface area contributed by atoms with Crippen molar-refractivity contribution in [1.82, 2.24) is 19.9 Å². The van der Waals surface area contributed by atoms with Gasteiger partial charge in [-0.1, -0.05) is 41.7 Å². The van der Waals surface area contributed by atoms with Crippen LogP contribution < -0.4 is 25.2 Å². The van der Waals surface area contributed by atoms with E-state index in [-0.39, 0.29) is 29.8 Å². The van der Waals surface area contributed by atoms with E-state index >= 15 is 4.39 Å². The Bertz CT molecular complexity index is 1620. The van der Waals surface area contributed by atoms with Crippen LogP contribution in [0.1, 0.15) is 56.6 Å². The van der Waals surface area contributed by atoms with Crippen molar-refractivity contribution in [1.29, 1.82) is 0 Å². The van der Waals surface area contributed by atoms with E-state index in [1.54, 1.807) is 25.3 Å². The molecule has 2 atom stereocenters. The summed E-state index contributed by atoms with van der Waals surface area (Å²) in [5.74, 6) is 1.01. The molecule has 2 aromatic heterocycles. The van der Waals surface area contributed by atoms with E-state index in [9.17, 15) is 9.59 Å². The number of thiazole rings is 1. The molecule has 2 aromatic carbocycles. The molecule has 3 heterocycles. The van der Waals surface area contributed by atoms with Gasteiger partial charge in [0, 0.05) is 18.2 Å². The van der Waals surface area contributed by atoms with Crippen molar-refractivity contribution >= 4 is 32.7 Å². The third kappa shape index (κ3) is 5.76. The standard InChI is InChI=1S/C30H34FN5O4S/c1-18(19-10-7-6-8-11-19)32-25(37)22-12-9-15-35(22)29-33-24-26(41-29)34-28(30(2,3)31)36(27(24)38)17-20-13-14-21(39-4)16-23(20)40-5/h6-8,10-11,13-14,16,18,22H,9,12,15,17H2,1-5H3,(H,32,37)/t18-,22?/m1/s1. The lowest BCUT2D eigenvalue weighted by molar-refractivity contribution is -0.122. The average molecular weight is 580 g/mol. The van der Waals surface area contributed by atoms with Gasteiger partial charge < -0.3 is 19.7 Å². The highest BCUT2D eigenvalue weighted by atomic mass is 32.1. The molecule has 0 bridgehead atoms. The molecule has 1 fully saturated rings. The Labute approximate surface area is 242 Å². The predicted octanol–water partition coefficient (Wildman–Crippen LogP) is 4.97. The first-order valence-electron chi connectivity index (χ1n) is 13.5. The molecule has 1 unspecified atom stereocenters. The monoisotopic (exact) mass is 579 g/mol. The van der Waals surface area contributed by atoms with Gasteiger partial charge in [-0.25, -0.2) is 14.4 Å². The second-order valence-electron chi connectivity index (χ2n) is 10.6. The minimum Gasteiger partial charge on any atom is -0.497 e. The summed E-state index contributed by atoms with van der Waals surface area (Å²) >= 11 is 1.21. The molecule has 4 aromatic rings. The minimum atomic E-state index is -1.90. The van der Waals surface area contributed by atoms with Gasteiger partial charge in [0.05, 0.1) is 26.8 Å². The Balaban J connectivity index is 1.49. The fourth-order valence-electron chi connectivity index (χ4n) is 5.18. The van der Waals surface area contributed by atoms with Crippen LogP contribution in [0.2, 0.25) is 0 Å². The van der Waals surface area contributed by atoms with Gasteiger partial charge in [-0.15, -0.1) is 0 Å². The molecule has 1 N–H and O–H groups in total. The van der Waals surface area contributed by atoms with Crippen molar-refractivity contribution in [3.8, 4) is 11.5 Å². The van der Waals surface area contributed by atoms with Crippen molar-refractivity contribution in [3.63, 3.8) is 0 Å². The van der Waals surface area contributed by atoms with Crippen molar-refractivity contribution < 1.29 is 18.7 Å². The van der Waals surface area contributed by atoms with E-state index in [1.165, 1.54) is 36.9 Å². The lowest BCUT2D eigenvalue weighted by Gasteiger charge is -2.25. The maximum absolute atomic E-state index is 15.5. The van der Waals surface area contributed by atoms with Crippen LogP contribution in [0.4, 0.5) is 9.52 Å². The van der Waals surface area contributed by atoms with Crippen LogP contribution >= 0.6 is 11.3 Å². The molecular weight excluding hydrogens is 545 g/mol. The summed E-state index contributed by atoms with van der Waals surface area (Å²) in [5, 5.41) is 3.64. The summed E-state index contributed by atoms with van der Waals surface area (Å²) < 4.78 is 27.6. The van der Waals surface area contributed by atoms with Crippen molar-refractivity contribution in [2.24, 2.45) is 0 Å². The number of nitrogens with one attached hydrogen (secondary N) is 1. The fraction of sp³-hybridized carbons (Fsp3) is 0.400. The molecule has 1 aliphatic heterocycles. The van der Waals surface area contributed by atoms with Gasteiger partial charge in [0.25, 0.3) is 5.56 Å². The first-order chi connectivity index (χ1) is 19.6. The highest BCUT2D eigenvalue weighted by Gasteiger charge is 2.35. The molecule has 0 aliphatic carbocycles. The zero-order chi connectivity index (χ0) is 29.3. The van der Waals surface area contributed by atoms with Gasteiger partial charge in [-0.2, -0.15) is 0 Å². The lowest BCUT2D eigenvalue weighted by atomic mass is 10.1. The highest BCUT2D eigenvalue weighted by molar-refractivity contribution is 7.21. The van der Waals surface area contributed by atoms with Gasteiger partial charge in [0.2, 0.25) is 5.91 Å². The van der Waals surface area contributed by atoms with Crippen LogP contribution in [-0.4, -0.2) is 47.2 Å². The number of benzene rings is 2. The Morgan fingerprint density at radius 2 is 1.93 bits per heavy atom. The van der Waals surface area contributed by atoms with E-state index < -0.39 is 17.3 Å². The molecule has 1 amide bonds. The Kier molecular flexibility index (Phi) is 7.99. The molecule has 9 nitrogen and oxygen atoms in total. The molecule has 0 saturated carbocycles. The largest absolute Gasteiger partial charge is 0.497 e. The number of carbonyl (C=O) groups is 1. The number of fused-ring (bicyclic) bond motifs is 1. The maximum atomic E-state index is 15.5. The molecule has 1 aliphatic rings. The minimum absolute atomic E-state index is 0.00419. The Morgan fingerprint density at radius 3 is 2.61 bits per heavy atom. The normalized spacial score (nSPS) is 16.1. The van der Waals surface area contributed by atoms with Crippen LogP contribution in [0.5, 0.6) is 11.5 Å². The summed E-state index contributed by atoms with van der Waals surface area (Å²) in [5.41, 5.74) is -0.518. The van der Waals surface area contributed by atoms with Crippen LogP contribution in [0, 0.1) is 0 Å². The number of aromatic nitrogens is 3. The number of methoxy groups -OCH3 is 2. The highest BCUT2D eigenvalue weighted by Crippen LogP contribution is 2.34. The molecular formula is C30H34FN5O4S. The summed E-state index contributed by atoms with van der Waals surface area (Å²) in [6.45, 7) is 5.36. The molecule has 41 heavy (non-hydrogen) atoms. The first-order valence-corrected chi connectivity index (χ1v) is 14.4. The second-order valence-corrected chi connectivity index (χ2v) is 11.6. The van der Waals surface area contributed by atoms with E-state index in [4.69, 9.17) is 9.47 Å². The number of nitrogens with zero attached hydrogens (tertiary/aromatic N) is 4. The quantitative estimate of drug-likeness (QED) is 0.299. The van der Waals surface area contributed by atoms with Crippen molar-refractivity contribution in [2.45, 2.75) is 57.9 Å². The van der Waals surface area contributed by atoms with E-state index in [1.807, 2.05) is 42.2 Å². The number of ether oxygens (including phenoxy) is 2. The number of halogens is 1. The summed E-state index contributed by atoms with van der Waals surface area (Å²) in [4.78, 5) is 38.6. The number of hydrogen-bond acceptors (Lipinski definition) is 8. The van der Waals surface area contributed by atoms with Gasteiger partial charge in [0.15, 0.2) is 27.0 Å². The number of carbonyl (C=O) groups excluding carboxylic acids is 1. The van der Waals surface area contributed by atoms with Crippen LogP contribution in [0.15, 0.2) is 53.3 Å². The average Bonchev–Trinajstić information content (AvgIpc) is 3.62. The van der Waals surface area contributed by atoms with Crippen LogP contribution in [0.25, 0.3) is 10.3 Å². The molecule has 1 saturated heterocycles. The smallest absolute Gasteiger partial charge is 0.281 e. The summed E-state index contributed by atoms with van der Waals surface area (Å²) in [6.07, 6.45) is 1.48. The zero-order valence-corrected chi connectivity index (χ0v) is 24.6. The first kappa shape index (κ1) is 28.5. The van der Waals surface area contributed by atoms with Gasteiger partial charge in [-0.3, -0.25) is 14.2 Å². The predicted molar refractivity (Wildman–Crippen MR) is 158 cm³/mol. The third-order valence-electron chi connectivity index (χ3n) is 7.32. The van der Waals surface area contributed by atoms with Gasteiger partial charge in [-0.05, 0) is 51.3 Å². The number of anilines is 1. The zero-order valence-electron chi connectivity index (χ0n) is 23.8. The fourth-order valence-corrected chi connectivity index (χ4v) is 6.18. The molecule has 0 spiro atoms. The molecule has 216 valence electrons. The third-order valence-corrected chi connectivity index (χ3v) is 8.31. The van der Waals surface area contributed by atoms with Crippen LogP contribution in [-0.2, 0) is 17.0 Å². The number of alkyl halides is 1. The molecule has 5 rings (SSSR count). The number of rotatable bonds is 9. The Hall–Kier alpha value is -3.99. The second kappa shape index (κ2) is 11.5. The van der Waals surface area contributed by atoms with Crippen molar-refractivity contribution in [2.75, 3.05) is 25.7 Å². The maximum Gasteiger partial charge on any atom is 0.281 e. The lowest BCUT2D eigenvalue weighted by Crippen LogP contribution is -2.44. The van der Waals surface area contributed by atoms with Gasteiger partial charge in [0.1, 0.15) is 17.5 Å². The number of amides is 1. The topological polar surface area (TPSA) is 98.6 Å². The van der Waals surface area contributed by atoms with E-state index in [2.05, 4.69) is 15.3 Å². The van der Waals surface area contributed by atoms with E-state index in [0.717, 1.165) is 12.0 Å². The van der Waals surface area contributed by atoms with Crippen molar-refractivity contribution in [3.05, 3.63) is 75.8 Å². The van der Waals surface area contributed by atoms with Gasteiger partial charge >= 0.3 is 0 Å². The molecule has 11 heteroatoms. The summed E-state index contributed by atoms with van der Waals surface area (Å²) in [7, 11) is 3.08. The SMILES string of the molecule is COc1ccc(Cn2c(C(C)(C)F)nc3sc(N4CCCC4C(=O)N[C@H](C)c4ccccc4)nc3c2=O)c(OC)c1. The summed E-state index contributed by atoms with van der Waals surface area (Å²) in [6, 6.07) is 14.5. The molecule has 0 radical (unpaired) electrons. The number of hydrogen-bond donors (Lipinski definition) is 1. The van der Waals surface area contributed by atoms with Crippen LogP contribution in [0.3, 0.4) is 0 Å². The Morgan fingerprint density at radius 1 is 1.17 bits per heavy atom.